The lowest BCUT2D eigenvalue weighted by Gasteiger charge is -1.99. The molecule has 0 unspecified atom stereocenters. The SMILES string of the molecule is Oc1ccccc1C=Nc1oc2ccc(-c3cccs3)cc2c1N=Cc1ccccc1O. The van der Waals surface area contributed by atoms with Gasteiger partial charge in [-0.15, -0.1) is 11.3 Å². The minimum atomic E-state index is 0.131. The van der Waals surface area contributed by atoms with Gasteiger partial charge in [-0.25, -0.2) is 9.98 Å². The number of benzene rings is 3. The highest BCUT2D eigenvalue weighted by Gasteiger charge is 2.15. The maximum Gasteiger partial charge on any atom is 0.246 e. The Morgan fingerprint density at radius 3 is 2.09 bits per heavy atom. The average molecular weight is 439 g/mol. The molecular weight excluding hydrogens is 420 g/mol. The fraction of sp³-hybridized carbons (Fsp3) is 0. The third-order valence-electron chi connectivity index (χ3n) is 4.98. The molecule has 0 bridgehead atoms. The number of rotatable bonds is 5. The first-order chi connectivity index (χ1) is 15.7. The van der Waals surface area contributed by atoms with Crippen molar-refractivity contribution in [1.29, 1.82) is 0 Å². The molecule has 6 heteroatoms. The van der Waals surface area contributed by atoms with E-state index in [4.69, 9.17) is 4.42 Å². The quantitative estimate of drug-likeness (QED) is 0.288. The van der Waals surface area contributed by atoms with Crippen LogP contribution in [-0.4, -0.2) is 22.6 Å². The van der Waals surface area contributed by atoms with E-state index in [0.717, 1.165) is 15.8 Å². The second-order valence-corrected chi connectivity index (χ2v) is 8.03. The summed E-state index contributed by atoms with van der Waals surface area (Å²) in [4.78, 5) is 10.2. The second-order valence-electron chi connectivity index (χ2n) is 7.08. The van der Waals surface area contributed by atoms with Crippen molar-refractivity contribution in [2.75, 3.05) is 0 Å². The number of furan rings is 1. The number of thiophene rings is 1. The maximum absolute atomic E-state index is 10.1. The average Bonchev–Trinajstić information content (AvgIpc) is 3.46. The molecule has 3 aromatic carbocycles. The van der Waals surface area contributed by atoms with Crippen molar-refractivity contribution in [1.82, 2.24) is 0 Å². The first-order valence-corrected chi connectivity index (χ1v) is 10.8. The van der Waals surface area contributed by atoms with Gasteiger partial charge in [0.2, 0.25) is 5.88 Å². The molecule has 2 heterocycles. The van der Waals surface area contributed by atoms with Crippen LogP contribution in [0.15, 0.2) is 98.6 Å². The van der Waals surface area contributed by atoms with E-state index in [-0.39, 0.29) is 11.5 Å². The summed E-state index contributed by atoms with van der Waals surface area (Å²) in [7, 11) is 0. The van der Waals surface area contributed by atoms with Crippen LogP contribution in [0, 0.1) is 0 Å². The fourth-order valence-electron chi connectivity index (χ4n) is 3.34. The van der Waals surface area contributed by atoms with Gasteiger partial charge in [-0.2, -0.15) is 0 Å². The molecule has 156 valence electrons. The number of para-hydroxylation sites is 2. The lowest BCUT2D eigenvalue weighted by atomic mass is 10.1. The highest BCUT2D eigenvalue weighted by molar-refractivity contribution is 7.13. The number of hydrogen-bond donors (Lipinski definition) is 2. The Kier molecular flexibility index (Phi) is 5.27. The molecule has 0 fully saturated rings. The van der Waals surface area contributed by atoms with Gasteiger partial charge >= 0.3 is 0 Å². The van der Waals surface area contributed by atoms with E-state index in [9.17, 15) is 10.2 Å². The molecule has 0 saturated carbocycles. The maximum atomic E-state index is 10.1. The van der Waals surface area contributed by atoms with Gasteiger partial charge in [-0.05, 0) is 59.5 Å². The first-order valence-electron chi connectivity index (χ1n) is 9.93. The van der Waals surface area contributed by atoms with Crippen LogP contribution in [0.3, 0.4) is 0 Å². The standard InChI is InChI=1S/C26H18N2O3S/c29-21-8-3-1-6-18(21)15-27-25-20-14-17(24-10-5-13-32-24)11-12-23(20)31-26(25)28-16-19-7-2-4-9-22(19)30/h1-16,29-30H. The summed E-state index contributed by atoms with van der Waals surface area (Å²) < 4.78 is 6.00. The number of phenolic OH excluding ortho intramolecular Hbond substituents is 2. The van der Waals surface area contributed by atoms with E-state index in [0.29, 0.717) is 28.3 Å². The Hall–Kier alpha value is -4.16. The summed E-state index contributed by atoms with van der Waals surface area (Å²) in [6, 6.07) is 23.9. The summed E-state index contributed by atoms with van der Waals surface area (Å²) in [6.07, 6.45) is 3.14. The second kappa shape index (κ2) is 8.53. The first kappa shape index (κ1) is 19.8. The van der Waals surface area contributed by atoms with E-state index in [1.807, 2.05) is 41.8 Å². The van der Waals surface area contributed by atoms with E-state index in [2.05, 4.69) is 16.1 Å². The van der Waals surface area contributed by atoms with Gasteiger partial charge in [0.15, 0.2) is 0 Å². The molecule has 0 aliphatic carbocycles. The topological polar surface area (TPSA) is 78.3 Å². The molecule has 32 heavy (non-hydrogen) atoms. The van der Waals surface area contributed by atoms with Crippen LogP contribution in [0.25, 0.3) is 21.4 Å². The molecule has 0 saturated heterocycles. The summed E-state index contributed by atoms with van der Waals surface area (Å²) >= 11 is 1.66. The number of nitrogens with zero attached hydrogens (tertiary/aromatic N) is 2. The van der Waals surface area contributed by atoms with E-state index in [1.54, 1.807) is 60.2 Å². The Morgan fingerprint density at radius 1 is 0.750 bits per heavy atom. The van der Waals surface area contributed by atoms with Gasteiger partial charge in [0, 0.05) is 33.8 Å². The molecule has 0 spiro atoms. The summed E-state index contributed by atoms with van der Waals surface area (Å²) in [5.41, 5.74) is 3.42. The van der Waals surface area contributed by atoms with Crippen LogP contribution in [0.1, 0.15) is 11.1 Å². The molecule has 0 atom stereocenters. The van der Waals surface area contributed by atoms with Crippen LogP contribution < -0.4 is 0 Å². The summed E-state index contributed by atoms with van der Waals surface area (Å²) in [5.74, 6) is 0.590. The van der Waals surface area contributed by atoms with Crippen LogP contribution in [0.4, 0.5) is 11.6 Å². The number of aromatic hydroxyl groups is 2. The van der Waals surface area contributed by atoms with Gasteiger partial charge in [0.25, 0.3) is 0 Å². The summed E-state index contributed by atoms with van der Waals surface area (Å²) in [5, 5.41) is 23.0. The number of fused-ring (bicyclic) bond motifs is 1. The molecular formula is C26H18N2O3S. The van der Waals surface area contributed by atoms with Crippen LogP contribution >= 0.6 is 11.3 Å². The lowest BCUT2D eigenvalue weighted by molar-refractivity contribution is 0.474. The minimum absolute atomic E-state index is 0.131. The zero-order valence-electron chi connectivity index (χ0n) is 16.8. The molecule has 2 N–H and O–H groups in total. The number of aliphatic imine (C=N–C) groups is 2. The Bertz CT molecular complexity index is 1450. The van der Waals surface area contributed by atoms with Gasteiger partial charge in [-0.1, -0.05) is 30.3 Å². The fourth-order valence-corrected chi connectivity index (χ4v) is 4.06. The lowest BCUT2D eigenvalue weighted by Crippen LogP contribution is -1.81. The predicted octanol–water partition coefficient (Wildman–Crippen LogP) is 7.07. The van der Waals surface area contributed by atoms with Gasteiger partial charge < -0.3 is 14.6 Å². The van der Waals surface area contributed by atoms with E-state index >= 15 is 0 Å². The van der Waals surface area contributed by atoms with Crippen molar-refractivity contribution < 1.29 is 14.6 Å². The zero-order chi connectivity index (χ0) is 21.9. The van der Waals surface area contributed by atoms with Gasteiger partial charge in [0.05, 0.1) is 0 Å². The molecule has 5 nitrogen and oxygen atoms in total. The molecule has 5 aromatic rings. The Morgan fingerprint density at radius 2 is 1.44 bits per heavy atom. The number of hydrogen-bond acceptors (Lipinski definition) is 6. The predicted molar refractivity (Wildman–Crippen MR) is 130 cm³/mol. The largest absolute Gasteiger partial charge is 0.507 e. The Balaban J connectivity index is 1.64. The monoisotopic (exact) mass is 438 g/mol. The van der Waals surface area contributed by atoms with E-state index < -0.39 is 0 Å². The normalized spacial score (nSPS) is 11.8. The zero-order valence-corrected chi connectivity index (χ0v) is 17.7. The van der Waals surface area contributed by atoms with Crippen LogP contribution in [0.2, 0.25) is 0 Å². The molecule has 0 aliphatic rings. The highest BCUT2D eigenvalue weighted by atomic mass is 32.1. The van der Waals surface area contributed by atoms with Crippen molar-refractivity contribution in [3.63, 3.8) is 0 Å². The minimum Gasteiger partial charge on any atom is -0.507 e. The number of phenols is 2. The Labute approximate surface area is 188 Å². The molecule has 2 aromatic heterocycles. The molecule has 0 aliphatic heterocycles. The van der Waals surface area contributed by atoms with Crippen LogP contribution in [-0.2, 0) is 0 Å². The molecule has 0 radical (unpaired) electrons. The van der Waals surface area contributed by atoms with Crippen molar-refractivity contribution >= 4 is 46.3 Å². The third-order valence-corrected chi connectivity index (χ3v) is 5.90. The van der Waals surface area contributed by atoms with Crippen molar-refractivity contribution in [2.24, 2.45) is 9.98 Å². The highest BCUT2D eigenvalue weighted by Crippen LogP contribution is 2.42. The molecule has 0 amide bonds. The van der Waals surface area contributed by atoms with Crippen LogP contribution in [0.5, 0.6) is 11.5 Å². The summed E-state index contributed by atoms with van der Waals surface area (Å²) in [6.45, 7) is 0. The van der Waals surface area contributed by atoms with Gasteiger partial charge in [0.1, 0.15) is 22.8 Å². The van der Waals surface area contributed by atoms with Crippen molar-refractivity contribution in [3.05, 3.63) is 95.4 Å². The third kappa shape index (κ3) is 3.91. The smallest absolute Gasteiger partial charge is 0.246 e. The van der Waals surface area contributed by atoms with Crippen molar-refractivity contribution in [2.45, 2.75) is 0 Å². The van der Waals surface area contributed by atoms with Crippen molar-refractivity contribution in [3.8, 4) is 21.9 Å². The molecule has 5 rings (SSSR count). The van der Waals surface area contributed by atoms with Gasteiger partial charge in [-0.3, -0.25) is 0 Å². The van der Waals surface area contributed by atoms with E-state index in [1.165, 1.54) is 0 Å².